The number of carboxylic acids is 1. The van der Waals surface area contributed by atoms with Crippen molar-refractivity contribution in [3.63, 3.8) is 0 Å². The van der Waals surface area contributed by atoms with Crippen LogP contribution in [-0.4, -0.2) is 41.9 Å². The standard InChI is InChI=1S/C14H18ClFN2O.C2HF3O2/c1-10(17-14(19)13(15)16)11-5-4-6-12(9-11)18-7-2-3-8-18;3-2(4,5)1(6)7/h4-6,9-10,13H,2-3,7-8H2,1H3,(H,17,19);(H,6,7). The summed E-state index contributed by atoms with van der Waals surface area (Å²) in [5.74, 6) is -3.55. The van der Waals surface area contributed by atoms with Gasteiger partial charge in [0.2, 0.25) is 0 Å². The van der Waals surface area contributed by atoms with Gasteiger partial charge >= 0.3 is 12.1 Å². The number of carbonyl (C=O) groups is 2. The summed E-state index contributed by atoms with van der Waals surface area (Å²) in [6.45, 7) is 3.96. The number of carbonyl (C=O) groups excluding carboxylic acids is 1. The Balaban J connectivity index is 0.000000412. The average Bonchev–Trinajstić information content (AvgIpc) is 3.09. The third kappa shape index (κ3) is 7.07. The fourth-order valence-corrected chi connectivity index (χ4v) is 2.39. The van der Waals surface area contributed by atoms with Crippen molar-refractivity contribution < 1.29 is 32.3 Å². The predicted molar refractivity (Wildman–Crippen MR) is 88.9 cm³/mol. The highest BCUT2D eigenvalue weighted by Gasteiger charge is 2.38. The zero-order valence-electron chi connectivity index (χ0n) is 13.9. The first-order valence-corrected chi connectivity index (χ1v) is 8.19. The second kappa shape index (κ2) is 9.61. The van der Waals surface area contributed by atoms with Crippen LogP contribution in [-0.2, 0) is 9.59 Å². The van der Waals surface area contributed by atoms with Gasteiger partial charge in [-0.3, -0.25) is 4.79 Å². The monoisotopic (exact) mass is 398 g/mol. The molecule has 1 amide bonds. The summed E-state index contributed by atoms with van der Waals surface area (Å²) in [7, 11) is 0. The SMILES string of the molecule is CC(NC(=O)C(F)Cl)c1cccc(N2CCCC2)c1.O=C(O)C(F)(F)F. The van der Waals surface area contributed by atoms with E-state index in [1.807, 2.05) is 25.1 Å². The van der Waals surface area contributed by atoms with Gasteiger partial charge in [-0.2, -0.15) is 13.2 Å². The van der Waals surface area contributed by atoms with E-state index in [1.54, 1.807) is 0 Å². The molecule has 146 valence electrons. The predicted octanol–water partition coefficient (Wildman–Crippen LogP) is 3.63. The lowest BCUT2D eigenvalue weighted by Crippen LogP contribution is -2.31. The summed E-state index contributed by atoms with van der Waals surface area (Å²) in [4.78, 5) is 22.5. The molecule has 0 saturated carbocycles. The molecule has 1 aliphatic rings. The molecule has 0 bridgehead atoms. The molecule has 10 heteroatoms. The van der Waals surface area contributed by atoms with Gasteiger partial charge in [0.15, 0.2) is 0 Å². The minimum Gasteiger partial charge on any atom is -0.475 e. The Morgan fingerprint density at radius 3 is 2.27 bits per heavy atom. The molecular weight excluding hydrogens is 380 g/mol. The summed E-state index contributed by atoms with van der Waals surface area (Å²) >= 11 is 5.11. The molecule has 2 N–H and O–H groups in total. The second-order valence-corrected chi connectivity index (χ2v) is 6.01. The van der Waals surface area contributed by atoms with Crippen molar-refractivity contribution in [1.82, 2.24) is 5.32 Å². The molecule has 1 aromatic carbocycles. The van der Waals surface area contributed by atoms with Gasteiger partial charge in [-0.15, -0.1) is 0 Å². The normalized spacial score (nSPS) is 16.3. The first-order valence-electron chi connectivity index (χ1n) is 7.76. The van der Waals surface area contributed by atoms with Crippen LogP contribution in [0.15, 0.2) is 24.3 Å². The topological polar surface area (TPSA) is 69.6 Å². The fraction of sp³-hybridized carbons (Fsp3) is 0.500. The fourth-order valence-electron chi connectivity index (χ4n) is 2.33. The highest BCUT2D eigenvalue weighted by molar-refractivity contribution is 6.29. The molecule has 1 saturated heterocycles. The van der Waals surface area contributed by atoms with Crippen molar-refractivity contribution >= 4 is 29.2 Å². The van der Waals surface area contributed by atoms with E-state index in [2.05, 4.69) is 16.3 Å². The lowest BCUT2D eigenvalue weighted by Gasteiger charge is -2.20. The first-order chi connectivity index (χ1) is 12.0. The molecule has 0 spiro atoms. The Hall–Kier alpha value is -2.03. The lowest BCUT2D eigenvalue weighted by atomic mass is 10.1. The van der Waals surface area contributed by atoms with Crippen LogP contribution in [0.2, 0.25) is 0 Å². The van der Waals surface area contributed by atoms with Gasteiger partial charge in [0.1, 0.15) is 0 Å². The van der Waals surface area contributed by atoms with Crippen molar-refractivity contribution in [2.75, 3.05) is 18.0 Å². The van der Waals surface area contributed by atoms with E-state index in [-0.39, 0.29) is 6.04 Å². The zero-order chi connectivity index (χ0) is 19.9. The zero-order valence-corrected chi connectivity index (χ0v) is 14.6. The quantitative estimate of drug-likeness (QED) is 0.600. The maximum Gasteiger partial charge on any atom is 0.490 e. The Kier molecular flexibility index (Phi) is 8.13. The van der Waals surface area contributed by atoms with Crippen LogP contribution in [0.25, 0.3) is 0 Å². The number of alkyl halides is 5. The van der Waals surface area contributed by atoms with Gasteiger partial charge in [0.25, 0.3) is 11.5 Å². The molecule has 0 radical (unpaired) electrons. The Morgan fingerprint density at radius 2 is 1.81 bits per heavy atom. The number of amides is 1. The number of nitrogens with one attached hydrogen (secondary N) is 1. The number of nitrogens with zero attached hydrogens (tertiary/aromatic N) is 1. The number of halogens is 5. The Bertz CT molecular complexity index is 620. The number of aliphatic carboxylic acids is 1. The van der Waals surface area contributed by atoms with Gasteiger partial charge in [-0.1, -0.05) is 23.7 Å². The number of carboxylic acid groups (broad SMARTS) is 1. The Labute approximate surface area is 152 Å². The molecule has 1 heterocycles. The molecule has 1 fully saturated rings. The molecule has 0 aromatic heterocycles. The highest BCUT2D eigenvalue weighted by Crippen LogP contribution is 2.24. The van der Waals surface area contributed by atoms with Crippen LogP contribution in [0.1, 0.15) is 31.4 Å². The van der Waals surface area contributed by atoms with E-state index in [0.29, 0.717) is 0 Å². The third-order valence-electron chi connectivity index (χ3n) is 3.64. The van der Waals surface area contributed by atoms with Crippen LogP contribution in [0, 0.1) is 0 Å². The van der Waals surface area contributed by atoms with Crippen molar-refractivity contribution in [2.45, 2.75) is 37.6 Å². The molecule has 0 aliphatic carbocycles. The van der Waals surface area contributed by atoms with Crippen LogP contribution < -0.4 is 10.2 Å². The summed E-state index contributed by atoms with van der Waals surface area (Å²) in [5.41, 5.74) is 0.109. The number of hydrogen-bond donors (Lipinski definition) is 2. The Morgan fingerprint density at radius 1 is 1.27 bits per heavy atom. The van der Waals surface area contributed by atoms with Gasteiger partial charge in [0.05, 0.1) is 6.04 Å². The summed E-state index contributed by atoms with van der Waals surface area (Å²) in [6, 6.07) is 7.72. The molecule has 2 unspecified atom stereocenters. The molecule has 1 aliphatic heterocycles. The minimum absolute atomic E-state index is 0.257. The van der Waals surface area contributed by atoms with Crippen LogP contribution in [0.4, 0.5) is 23.2 Å². The minimum atomic E-state index is -5.08. The van der Waals surface area contributed by atoms with Crippen LogP contribution >= 0.6 is 11.6 Å². The van der Waals surface area contributed by atoms with Crippen molar-refractivity contribution in [2.24, 2.45) is 0 Å². The van der Waals surface area contributed by atoms with E-state index >= 15 is 0 Å². The highest BCUT2D eigenvalue weighted by atomic mass is 35.5. The maximum absolute atomic E-state index is 12.6. The first kappa shape index (κ1) is 22.0. The van der Waals surface area contributed by atoms with E-state index in [1.165, 1.54) is 12.8 Å². The molecule has 2 rings (SSSR count). The van der Waals surface area contributed by atoms with Crippen molar-refractivity contribution in [3.05, 3.63) is 29.8 Å². The van der Waals surface area contributed by atoms with E-state index in [9.17, 15) is 22.4 Å². The van der Waals surface area contributed by atoms with Gasteiger partial charge in [-0.05, 0) is 37.5 Å². The van der Waals surface area contributed by atoms with Crippen molar-refractivity contribution in [1.29, 1.82) is 0 Å². The number of hydrogen-bond acceptors (Lipinski definition) is 3. The maximum atomic E-state index is 12.6. The molecule has 26 heavy (non-hydrogen) atoms. The average molecular weight is 399 g/mol. The molecule has 2 atom stereocenters. The van der Waals surface area contributed by atoms with Crippen LogP contribution in [0.3, 0.4) is 0 Å². The molecule has 1 aromatic rings. The second-order valence-electron chi connectivity index (χ2n) is 5.62. The van der Waals surface area contributed by atoms with E-state index in [4.69, 9.17) is 21.5 Å². The molecule has 5 nitrogen and oxygen atoms in total. The lowest BCUT2D eigenvalue weighted by molar-refractivity contribution is -0.192. The van der Waals surface area contributed by atoms with E-state index < -0.39 is 23.7 Å². The van der Waals surface area contributed by atoms with E-state index in [0.717, 1.165) is 24.3 Å². The number of rotatable bonds is 4. The summed E-state index contributed by atoms with van der Waals surface area (Å²) in [5, 5.41) is 9.67. The third-order valence-corrected chi connectivity index (χ3v) is 3.84. The largest absolute Gasteiger partial charge is 0.490 e. The molecular formula is C16H19ClF4N2O3. The van der Waals surface area contributed by atoms with Gasteiger partial charge < -0.3 is 15.3 Å². The van der Waals surface area contributed by atoms with Crippen molar-refractivity contribution in [3.8, 4) is 0 Å². The van der Waals surface area contributed by atoms with Crippen LogP contribution in [0.5, 0.6) is 0 Å². The summed E-state index contributed by atoms with van der Waals surface area (Å²) < 4.78 is 44.4. The summed E-state index contributed by atoms with van der Waals surface area (Å²) in [6.07, 6.45) is -2.65. The number of benzene rings is 1. The van der Waals surface area contributed by atoms with Gasteiger partial charge in [-0.25, -0.2) is 9.18 Å². The smallest absolute Gasteiger partial charge is 0.475 e. The number of anilines is 1. The van der Waals surface area contributed by atoms with Gasteiger partial charge in [0, 0.05) is 18.8 Å².